The van der Waals surface area contributed by atoms with Gasteiger partial charge in [-0.15, -0.1) is 0 Å². The zero-order valence-corrected chi connectivity index (χ0v) is 12.9. The maximum atomic E-state index is 12.6. The number of carbonyl (C=O) groups is 1. The molecule has 4 nitrogen and oxygen atoms in total. The van der Waals surface area contributed by atoms with Gasteiger partial charge in [-0.3, -0.25) is 4.79 Å². The van der Waals surface area contributed by atoms with Crippen LogP contribution in [0, 0.1) is 5.21 Å². The molecule has 1 aromatic carbocycles. The molecule has 1 unspecified atom stereocenters. The molecule has 0 bridgehead atoms. The van der Waals surface area contributed by atoms with E-state index in [0.29, 0.717) is 4.73 Å². The minimum atomic E-state index is -0.157. The van der Waals surface area contributed by atoms with Crippen LogP contribution in [0.3, 0.4) is 0 Å². The summed E-state index contributed by atoms with van der Waals surface area (Å²) in [5.74, 6) is -0.237. The zero-order chi connectivity index (χ0) is 16.2. The highest BCUT2D eigenvalue weighted by molar-refractivity contribution is 5.93. The molecule has 116 valence electrons. The van der Waals surface area contributed by atoms with Crippen LogP contribution in [0.1, 0.15) is 34.1 Å². The molecule has 2 heterocycles. The van der Waals surface area contributed by atoms with Gasteiger partial charge in [0.05, 0.1) is 0 Å². The molecule has 2 aromatic heterocycles. The summed E-state index contributed by atoms with van der Waals surface area (Å²) in [5.41, 5.74) is 2.30. The molecule has 0 saturated carbocycles. The molecule has 0 aliphatic carbocycles. The van der Waals surface area contributed by atoms with Crippen LogP contribution in [-0.4, -0.2) is 10.4 Å². The Morgan fingerprint density at radius 3 is 2.48 bits per heavy atom. The second-order valence-electron chi connectivity index (χ2n) is 5.55. The van der Waals surface area contributed by atoms with E-state index in [1.165, 1.54) is 6.20 Å². The number of aromatic nitrogens is 2. The quantitative estimate of drug-likeness (QED) is 0.413. The maximum absolute atomic E-state index is 12.6. The van der Waals surface area contributed by atoms with Gasteiger partial charge in [0.1, 0.15) is 0 Å². The monoisotopic (exact) mass is 306 g/mol. The molecule has 0 aliphatic rings. The number of rotatable bonds is 5. The second-order valence-corrected chi connectivity index (χ2v) is 5.55. The average Bonchev–Trinajstić information content (AvgIpc) is 2.99. The van der Waals surface area contributed by atoms with E-state index in [9.17, 15) is 10.0 Å². The molecule has 1 atom stereocenters. The lowest BCUT2D eigenvalue weighted by molar-refractivity contribution is -0.607. The third-order valence-corrected chi connectivity index (χ3v) is 4.04. The van der Waals surface area contributed by atoms with Crippen molar-refractivity contribution in [2.75, 3.05) is 0 Å². The van der Waals surface area contributed by atoms with E-state index in [1.54, 1.807) is 18.2 Å². The maximum Gasteiger partial charge on any atom is 0.259 e. The lowest BCUT2D eigenvalue weighted by Crippen LogP contribution is -2.34. The van der Waals surface area contributed by atoms with Gasteiger partial charge in [0.2, 0.25) is 5.78 Å². The van der Waals surface area contributed by atoms with E-state index in [1.807, 2.05) is 60.3 Å². The van der Waals surface area contributed by atoms with Gasteiger partial charge in [-0.2, -0.15) is 4.73 Å². The Morgan fingerprint density at radius 1 is 1.09 bits per heavy atom. The Labute approximate surface area is 135 Å². The highest BCUT2D eigenvalue weighted by Gasteiger charge is 2.24. The fraction of sp³-hybridized carbons (Fsp3) is 0.158. The van der Waals surface area contributed by atoms with E-state index in [4.69, 9.17) is 0 Å². The minimum absolute atomic E-state index is 0.0797. The smallest absolute Gasteiger partial charge is 0.259 e. The van der Waals surface area contributed by atoms with E-state index in [-0.39, 0.29) is 23.8 Å². The lowest BCUT2D eigenvalue weighted by Gasteiger charge is -2.18. The molecule has 3 rings (SSSR count). The van der Waals surface area contributed by atoms with Crippen LogP contribution in [0.2, 0.25) is 0 Å². The number of hydrogen-bond donors (Lipinski definition) is 0. The van der Waals surface area contributed by atoms with Gasteiger partial charge in [-0.1, -0.05) is 30.3 Å². The number of nitrogens with zero attached hydrogens (tertiary/aromatic N) is 2. The van der Waals surface area contributed by atoms with Crippen molar-refractivity contribution in [1.82, 2.24) is 4.57 Å². The normalized spacial score (nSPS) is 12.0. The van der Waals surface area contributed by atoms with Crippen LogP contribution in [0.4, 0.5) is 0 Å². The lowest BCUT2D eigenvalue weighted by atomic mass is 9.90. The van der Waals surface area contributed by atoms with Crippen molar-refractivity contribution in [3.63, 3.8) is 0 Å². The molecular formula is C19H18N2O2. The number of pyridine rings is 1. The topological polar surface area (TPSA) is 48.9 Å². The first-order chi connectivity index (χ1) is 11.2. The molecule has 0 N–H and O–H groups in total. The van der Waals surface area contributed by atoms with Crippen molar-refractivity contribution in [2.45, 2.75) is 12.3 Å². The van der Waals surface area contributed by atoms with Crippen LogP contribution in [0.15, 0.2) is 73.1 Å². The first-order valence-electron chi connectivity index (χ1n) is 7.54. The molecule has 0 fully saturated rings. The summed E-state index contributed by atoms with van der Waals surface area (Å²) < 4.78 is 2.65. The number of aryl methyl sites for hydroxylation is 1. The molecular weight excluding hydrogens is 288 g/mol. The van der Waals surface area contributed by atoms with Crippen molar-refractivity contribution in [1.29, 1.82) is 0 Å². The molecule has 0 aliphatic heterocycles. The fourth-order valence-electron chi connectivity index (χ4n) is 2.85. The standard InChI is InChI=1S/C19H18N2O2/c1-20-12-7-11-17(20)16(15-8-3-2-4-9-15)14-19(22)18-10-5-6-13-21(18)23/h2-13,16H,14H2,1H3. The number of carbonyl (C=O) groups excluding carboxylic acids is 1. The third-order valence-electron chi connectivity index (χ3n) is 4.04. The fourth-order valence-corrected chi connectivity index (χ4v) is 2.85. The first-order valence-corrected chi connectivity index (χ1v) is 7.54. The summed E-state index contributed by atoms with van der Waals surface area (Å²) >= 11 is 0. The molecule has 0 saturated heterocycles. The molecule has 3 aromatic rings. The Morgan fingerprint density at radius 2 is 1.83 bits per heavy atom. The number of ketones is 1. The summed E-state index contributed by atoms with van der Waals surface area (Å²) in [5, 5.41) is 11.8. The summed E-state index contributed by atoms with van der Waals surface area (Å²) in [6.45, 7) is 0. The van der Waals surface area contributed by atoms with Gasteiger partial charge < -0.3 is 9.77 Å². The zero-order valence-electron chi connectivity index (χ0n) is 12.9. The molecule has 0 radical (unpaired) electrons. The van der Waals surface area contributed by atoms with Gasteiger partial charge in [0.25, 0.3) is 5.69 Å². The van der Waals surface area contributed by atoms with E-state index in [0.717, 1.165) is 11.3 Å². The van der Waals surface area contributed by atoms with Crippen LogP contribution >= 0.6 is 0 Å². The van der Waals surface area contributed by atoms with Crippen molar-refractivity contribution in [3.8, 4) is 0 Å². The van der Waals surface area contributed by atoms with Crippen LogP contribution in [-0.2, 0) is 7.05 Å². The van der Waals surface area contributed by atoms with Crippen LogP contribution in [0.5, 0.6) is 0 Å². The SMILES string of the molecule is Cn1cccc1C(CC(=O)c1cccc[n+]1[O-])c1ccccc1. The van der Waals surface area contributed by atoms with Gasteiger partial charge in [0, 0.05) is 43.4 Å². The van der Waals surface area contributed by atoms with Crippen molar-refractivity contribution < 1.29 is 9.52 Å². The minimum Gasteiger partial charge on any atom is -0.618 e. The molecule has 0 amide bonds. The summed E-state index contributed by atoms with van der Waals surface area (Å²) in [7, 11) is 1.96. The van der Waals surface area contributed by atoms with E-state index < -0.39 is 0 Å². The number of Topliss-reactive ketones (excluding diaryl/α,β-unsaturated/α-hetero) is 1. The Bertz CT molecular complexity index is 809. The van der Waals surface area contributed by atoms with Crippen molar-refractivity contribution in [2.24, 2.45) is 7.05 Å². The second kappa shape index (κ2) is 6.48. The van der Waals surface area contributed by atoms with E-state index in [2.05, 4.69) is 0 Å². The summed E-state index contributed by atoms with van der Waals surface area (Å²) in [4.78, 5) is 12.6. The predicted octanol–water partition coefficient (Wildman–Crippen LogP) is 3.06. The first kappa shape index (κ1) is 15.0. The Balaban J connectivity index is 1.96. The van der Waals surface area contributed by atoms with Gasteiger partial charge in [0.15, 0.2) is 6.20 Å². The highest BCUT2D eigenvalue weighted by atomic mass is 16.5. The van der Waals surface area contributed by atoms with Gasteiger partial charge >= 0.3 is 0 Å². The van der Waals surface area contributed by atoms with Crippen molar-refractivity contribution >= 4 is 5.78 Å². The largest absolute Gasteiger partial charge is 0.618 e. The molecule has 23 heavy (non-hydrogen) atoms. The molecule has 4 heteroatoms. The Kier molecular flexibility index (Phi) is 4.24. The molecule has 0 spiro atoms. The van der Waals surface area contributed by atoms with Gasteiger partial charge in [-0.05, 0) is 23.8 Å². The van der Waals surface area contributed by atoms with E-state index >= 15 is 0 Å². The van der Waals surface area contributed by atoms with Crippen LogP contribution < -0.4 is 4.73 Å². The van der Waals surface area contributed by atoms with Crippen molar-refractivity contribution in [3.05, 3.63) is 95.2 Å². The third kappa shape index (κ3) is 3.16. The number of hydrogen-bond acceptors (Lipinski definition) is 2. The van der Waals surface area contributed by atoms with Gasteiger partial charge in [-0.25, -0.2) is 0 Å². The predicted molar refractivity (Wildman–Crippen MR) is 88.0 cm³/mol. The highest BCUT2D eigenvalue weighted by Crippen LogP contribution is 2.29. The average molecular weight is 306 g/mol. The number of benzene rings is 1. The van der Waals surface area contributed by atoms with Crippen LogP contribution in [0.25, 0.3) is 0 Å². The Hall–Kier alpha value is -2.88. The summed E-state index contributed by atoms with van der Waals surface area (Å²) in [6.07, 6.45) is 3.58. The summed E-state index contributed by atoms with van der Waals surface area (Å²) in [6, 6.07) is 18.8.